The van der Waals surface area contributed by atoms with Crippen LogP contribution >= 0.6 is 0 Å². The van der Waals surface area contributed by atoms with Gasteiger partial charge in [0.15, 0.2) is 0 Å². The van der Waals surface area contributed by atoms with E-state index in [4.69, 9.17) is 5.73 Å². The third-order valence-electron chi connectivity index (χ3n) is 3.26. The maximum absolute atomic E-state index is 5.69. The molecule has 0 saturated heterocycles. The normalized spacial score (nSPS) is 21.5. The molecule has 2 unspecified atom stereocenters. The molecule has 0 bridgehead atoms. The number of anilines is 1. The monoisotopic (exact) mass is 204 g/mol. The summed E-state index contributed by atoms with van der Waals surface area (Å²) in [5.41, 5.74) is 8.58. The Morgan fingerprint density at radius 3 is 2.93 bits per heavy atom. The number of benzene rings is 1. The Morgan fingerprint density at radius 2 is 2.20 bits per heavy atom. The maximum atomic E-state index is 5.69. The summed E-state index contributed by atoms with van der Waals surface area (Å²) in [5, 5.41) is 0. The Kier molecular flexibility index (Phi) is 2.96. The van der Waals surface area contributed by atoms with Gasteiger partial charge in [-0.25, -0.2) is 0 Å². The lowest BCUT2D eigenvalue weighted by atomic mass is 10.1. The molecule has 2 nitrogen and oxygen atoms in total. The third-order valence-corrected chi connectivity index (χ3v) is 3.26. The molecule has 1 aliphatic rings. The van der Waals surface area contributed by atoms with Gasteiger partial charge >= 0.3 is 0 Å². The summed E-state index contributed by atoms with van der Waals surface area (Å²) in [6.45, 7) is 6.36. The van der Waals surface area contributed by atoms with Gasteiger partial charge in [0, 0.05) is 18.3 Å². The first-order valence-corrected chi connectivity index (χ1v) is 5.77. The molecule has 1 heterocycles. The quantitative estimate of drug-likeness (QED) is 0.816. The summed E-state index contributed by atoms with van der Waals surface area (Å²) in [4.78, 5) is 2.49. The van der Waals surface area contributed by atoms with Gasteiger partial charge in [-0.3, -0.25) is 0 Å². The zero-order valence-corrected chi connectivity index (χ0v) is 9.61. The van der Waals surface area contributed by atoms with E-state index in [-0.39, 0.29) is 0 Å². The van der Waals surface area contributed by atoms with Crippen LogP contribution in [-0.4, -0.2) is 19.1 Å². The maximum Gasteiger partial charge on any atom is 0.0402 e. The number of hydrogen-bond acceptors (Lipinski definition) is 2. The third kappa shape index (κ3) is 2.00. The minimum atomic E-state index is 0.568. The number of fused-ring (bicyclic) bond motifs is 1. The fraction of sp³-hybridized carbons (Fsp3) is 0.538. The van der Waals surface area contributed by atoms with Crippen LogP contribution in [0.1, 0.15) is 19.4 Å². The Bertz CT molecular complexity index is 335. The molecule has 0 amide bonds. The van der Waals surface area contributed by atoms with E-state index in [2.05, 4.69) is 43.0 Å². The lowest BCUT2D eigenvalue weighted by Crippen LogP contribution is -2.35. The van der Waals surface area contributed by atoms with Crippen molar-refractivity contribution < 1.29 is 0 Å². The predicted molar refractivity (Wildman–Crippen MR) is 65.2 cm³/mol. The summed E-state index contributed by atoms with van der Waals surface area (Å²) in [5.74, 6) is 0.568. The van der Waals surface area contributed by atoms with Crippen molar-refractivity contribution in [2.24, 2.45) is 11.7 Å². The van der Waals surface area contributed by atoms with Crippen LogP contribution < -0.4 is 10.6 Å². The van der Waals surface area contributed by atoms with Crippen molar-refractivity contribution in [1.29, 1.82) is 0 Å². The fourth-order valence-corrected chi connectivity index (χ4v) is 2.32. The van der Waals surface area contributed by atoms with Gasteiger partial charge in [0.25, 0.3) is 0 Å². The molecule has 82 valence electrons. The van der Waals surface area contributed by atoms with Gasteiger partial charge in [-0.15, -0.1) is 0 Å². The highest BCUT2D eigenvalue weighted by Gasteiger charge is 2.25. The summed E-state index contributed by atoms with van der Waals surface area (Å²) in [6, 6.07) is 9.33. The van der Waals surface area contributed by atoms with Gasteiger partial charge in [-0.05, 0) is 37.4 Å². The van der Waals surface area contributed by atoms with Crippen LogP contribution in [0.3, 0.4) is 0 Å². The van der Waals surface area contributed by atoms with E-state index in [0.717, 1.165) is 13.1 Å². The van der Waals surface area contributed by atoms with E-state index in [1.165, 1.54) is 17.7 Å². The highest BCUT2D eigenvalue weighted by atomic mass is 15.2. The molecule has 1 aromatic carbocycles. The molecule has 0 aromatic heterocycles. The van der Waals surface area contributed by atoms with Crippen molar-refractivity contribution in [1.82, 2.24) is 0 Å². The Morgan fingerprint density at radius 1 is 1.47 bits per heavy atom. The van der Waals surface area contributed by atoms with E-state index in [0.29, 0.717) is 12.0 Å². The van der Waals surface area contributed by atoms with Gasteiger partial charge in [0.2, 0.25) is 0 Å². The first kappa shape index (κ1) is 10.5. The van der Waals surface area contributed by atoms with Crippen LogP contribution in [0.4, 0.5) is 5.69 Å². The molecule has 0 radical (unpaired) electrons. The average Bonchev–Trinajstić information content (AvgIpc) is 2.55. The summed E-state index contributed by atoms with van der Waals surface area (Å²) in [7, 11) is 0. The topological polar surface area (TPSA) is 29.3 Å². The van der Waals surface area contributed by atoms with E-state index >= 15 is 0 Å². The second-order valence-electron chi connectivity index (χ2n) is 4.68. The van der Waals surface area contributed by atoms with Crippen LogP contribution in [0.5, 0.6) is 0 Å². The molecule has 0 spiro atoms. The molecule has 15 heavy (non-hydrogen) atoms. The van der Waals surface area contributed by atoms with Crippen molar-refractivity contribution in [3.8, 4) is 0 Å². The number of nitrogens with zero attached hydrogens (tertiary/aromatic N) is 1. The highest BCUT2D eigenvalue weighted by molar-refractivity contribution is 5.59. The van der Waals surface area contributed by atoms with Crippen molar-refractivity contribution in [3.63, 3.8) is 0 Å². The van der Waals surface area contributed by atoms with Crippen LogP contribution in [0.2, 0.25) is 0 Å². The molecule has 2 atom stereocenters. The summed E-state index contributed by atoms with van der Waals surface area (Å²) in [6.07, 6.45) is 1.17. The molecular formula is C13H20N2. The van der Waals surface area contributed by atoms with Crippen LogP contribution in [0, 0.1) is 5.92 Å². The molecule has 1 aliphatic heterocycles. The van der Waals surface area contributed by atoms with Crippen molar-refractivity contribution >= 4 is 5.69 Å². The van der Waals surface area contributed by atoms with Gasteiger partial charge in [0.05, 0.1) is 0 Å². The molecule has 1 aromatic rings. The number of rotatable bonds is 3. The van der Waals surface area contributed by atoms with E-state index in [1.807, 2.05) is 0 Å². The number of nitrogens with two attached hydrogens (primary N) is 1. The van der Waals surface area contributed by atoms with Crippen LogP contribution in [-0.2, 0) is 6.42 Å². The Balaban J connectivity index is 2.18. The number of hydrogen-bond donors (Lipinski definition) is 1. The van der Waals surface area contributed by atoms with Gasteiger partial charge in [0.1, 0.15) is 0 Å². The van der Waals surface area contributed by atoms with Crippen molar-refractivity contribution in [2.75, 3.05) is 18.0 Å². The molecule has 0 fully saturated rings. The fourth-order valence-electron chi connectivity index (χ4n) is 2.32. The second kappa shape index (κ2) is 4.23. The molecule has 2 N–H and O–H groups in total. The minimum absolute atomic E-state index is 0.568. The predicted octanol–water partition coefficient (Wildman–Crippen LogP) is 2.03. The minimum Gasteiger partial charge on any atom is -0.368 e. The van der Waals surface area contributed by atoms with Gasteiger partial charge in [-0.1, -0.05) is 25.1 Å². The smallest absolute Gasteiger partial charge is 0.0402 e. The van der Waals surface area contributed by atoms with E-state index in [1.54, 1.807) is 0 Å². The Labute approximate surface area is 92.1 Å². The molecular weight excluding hydrogens is 184 g/mol. The molecule has 0 aliphatic carbocycles. The average molecular weight is 204 g/mol. The molecule has 2 rings (SSSR count). The number of para-hydroxylation sites is 1. The van der Waals surface area contributed by atoms with Crippen LogP contribution in [0.25, 0.3) is 0 Å². The SMILES string of the molecule is CC(CN)CN1c2ccccc2CC1C. The lowest BCUT2D eigenvalue weighted by molar-refractivity contribution is 0.542. The van der Waals surface area contributed by atoms with Crippen molar-refractivity contribution in [3.05, 3.63) is 29.8 Å². The van der Waals surface area contributed by atoms with Crippen molar-refractivity contribution in [2.45, 2.75) is 26.3 Å². The Hall–Kier alpha value is -1.02. The lowest BCUT2D eigenvalue weighted by Gasteiger charge is -2.27. The van der Waals surface area contributed by atoms with Gasteiger partial charge < -0.3 is 10.6 Å². The van der Waals surface area contributed by atoms with Gasteiger partial charge in [-0.2, -0.15) is 0 Å². The second-order valence-corrected chi connectivity index (χ2v) is 4.68. The zero-order valence-electron chi connectivity index (χ0n) is 9.61. The first-order chi connectivity index (χ1) is 7.22. The first-order valence-electron chi connectivity index (χ1n) is 5.77. The standard InChI is InChI=1S/C13H20N2/c1-10(8-14)9-15-11(2)7-12-5-3-4-6-13(12)15/h3-6,10-11H,7-9,14H2,1-2H3. The molecule has 2 heteroatoms. The highest BCUT2D eigenvalue weighted by Crippen LogP contribution is 2.32. The summed E-state index contributed by atoms with van der Waals surface area (Å²) < 4.78 is 0. The largest absolute Gasteiger partial charge is 0.368 e. The van der Waals surface area contributed by atoms with E-state index < -0.39 is 0 Å². The summed E-state index contributed by atoms with van der Waals surface area (Å²) >= 11 is 0. The zero-order chi connectivity index (χ0) is 10.8. The van der Waals surface area contributed by atoms with E-state index in [9.17, 15) is 0 Å². The van der Waals surface area contributed by atoms with Crippen LogP contribution in [0.15, 0.2) is 24.3 Å². The molecule has 0 saturated carbocycles.